The van der Waals surface area contributed by atoms with Crippen LogP contribution in [-0.4, -0.2) is 20.8 Å². The maximum atomic E-state index is 13.4. The highest BCUT2D eigenvalue weighted by Crippen LogP contribution is 2.16. The first-order chi connectivity index (χ1) is 6.54. The molecule has 80 valence electrons. The quantitative estimate of drug-likeness (QED) is 0.763. The second-order valence-electron chi connectivity index (χ2n) is 3.53. The third-order valence-electron chi connectivity index (χ3n) is 2.26. The summed E-state index contributed by atoms with van der Waals surface area (Å²) >= 11 is 3.24. The van der Waals surface area contributed by atoms with Gasteiger partial charge < -0.3 is 0 Å². The van der Waals surface area contributed by atoms with Gasteiger partial charge in [-0.1, -0.05) is 22.9 Å². The number of halogens is 2. The molecule has 0 aliphatic rings. The minimum Gasteiger partial charge on any atom is -0.275 e. The van der Waals surface area contributed by atoms with Gasteiger partial charge in [0.05, 0.1) is 5.69 Å². The van der Waals surface area contributed by atoms with Crippen molar-refractivity contribution in [3.8, 4) is 0 Å². The van der Waals surface area contributed by atoms with Crippen LogP contribution in [0.5, 0.6) is 0 Å². The zero-order valence-corrected chi connectivity index (χ0v) is 10.4. The molecule has 0 saturated carbocycles. The third-order valence-corrected chi connectivity index (χ3v) is 2.83. The molecule has 0 aliphatic carbocycles. The Morgan fingerprint density at radius 2 is 2.29 bits per heavy atom. The molecule has 0 bridgehead atoms. The predicted octanol–water partition coefficient (Wildman–Crippen LogP) is 2.65. The van der Waals surface area contributed by atoms with Crippen molar-refractivity contribution in [2.75, 3.05) is 0 Å². The molecule has 0 aliphatic heterocycles. The minimum absolute atomic E-state index is 0.116. The summed E-state index contributed by atoms with van der Waals surface area (Å²) in [6, 6.07) is 0. The Morgan fingerprint density at radius 3 is 2.79 bits per heavy atom. The van der Waals surface area contributed by atoms with Gasteiger partial charge in [-0.15, -0.1) is 0 Å². The van der Waals surface area contributed by atoms with Gasteiger partial charge in [-0.05, 0) is 18.9 Å². The van der Waals surface area contributed by atoms with Crippen LogP contribution in [0.25, 0.3) is 0 Å². The van der Waals surface area contributed by atoms with Crippen LogP contribution in [0.2, 0.25) is 0 Å². The molecule has 0 spiro atoms. The normalized spacial score (nSPS) is 15.5. The summed E-state index contributed by atoms with van der Waals surface area (Å²) < 4.78 is 15.2. The van der Waals surface area contributed by atoms with E-state index >= 15 is 0 Å². The van der Waals surface area contributed by atoms with Crippen molar-refractivity contribution in [1.82, 2.24) is 9.78 Å². The van der Waals surface area contributed by atoms with Crippen LogP contribution in [0.3, 0.4) is 0 Å². The van der Waals surface area contributed by atoms with Crippen molar-refractivity contribution in [3.63, 3.8) is 0 Å². The van der Waals surface area contributed by atoms with Crippen molar-refractivity contribution in [3.05, 3.63) is 17.5 Å². The Hall–Kier alpha value is -0.380. The van der Waals surface area contributed by atoms with Gasteiger partial charge in [-0.25, -0.2) is 4.39 Å². The molecule has 0 saturated heterocycles. The van der Waals surface area contributed by atoms with Crippen LogP contribution in [0, 0.1) is 0 Å². The molecule has 1 aromatic heterocycles. The summed E-state index contributed by atoms with van der Waals surface area (Å²) in [5.74, 6) is 0. The number of hydrogen-bond acceptors (Lipinski definition) is 1. The van der Waals surface area contributed by atoms with Gasteiger partial charge >= 0.3 is 0 Å². The van der Waals surface area contributed by atoms with E-state index in [-0.39, 0.29) is 4.83 Å². The Labute approximate surface area is 92.6 Å². The molecule has 1 heterocycles. The molecular weight excluding hydrogens is 247 g/mol. The molecule has 1 rings (SSSR count). The second-order valence-corrected chi connectivity index (χ2v) is 4.97. The van der Waals surface area contributed by atoms with Gasteiger partial charge in [0.1, 0.15) is 6.17 Å². The molecule has 0 fully saturated rings. The van der Waals surface area contributed by atoms with Gasteiger partial charge in [0, 0.05) is 24.5 Å². The summed E-state index contributed by atoms with van der Waals surface area (Å²) in [7, 11) is 1.87. The number of nitrogens with zero attached hydrogens (tertiary/aromatic N) is 2. The standard InChI is InChI=1S/C10H16BrFN2/c1-4-8-6-14(3)13-10(8)5-9(12)7(2)11/h6-7,9H,4-5H2,1-3H3. The van der Waals surface area contributed by atoms with E-state index in [2.05, 4.69) is 28.0 Å². The molecule has 2 unspecified atom stereocenters. The van der Waals surface area contributed by atoms with Crippen LogP contribution in [0.4, 0.5) is 4.39 Å². The Kier molecular flexibility index (Phi) is 4.11. The minimum atomic E-state index is -0.866. The fourth-order valence-corrected chi connectivity index (χ4v) is 1.58. The first-order valence-electron chi connectivity index (χ1n) is 4.84. The highest BCUT2D eigenvalue weighted by Gasteiger charge is 2.17. The lowest BCUT2D eigenvalue weighted by atomic mass is 10.1. The molecule has 0 aromatic carbocycles. The Balaban J connectivity index is 2.74. The lowest BCUT2D eigenvalue weighted by Gasteiger charge is -2.09. The van der Waals surface area contributed by atoms with Crippen molar-refractivity contribution < 1.29 is 4.39 Å². The fourth-order valence-electron chi connectivity index (χ4n) is 1.40. The summed E-state index contributed by atoms with van der Waals surface area (Å²) in [5, 5.41) is 4.26. The van der Waals surface area contributed by atoms with Crippen LogP contribution >= 0.6 is 15.9 Å². The lowest BCUT2D eigenvalue weighted by Crippen LogP contribution is -2.16. The van der Waals surface area contributed by atoms with Crippen molar-refractivity contribution in [1.29, 1.82) is 0 Å². The number of hydrogen-bond donors (Lipinski definition) is 0. The van der Waals surface area contributed by atoms with E-state index in [9.17, 15) is 4.39 Å². The van der Waals surface area contributed by atoms with Gasteiger partial charge in [0.15, 0.2) is 0 Å². The lowest BCUT2D eigenvalue weighted by molar-refractivity contribution is 0.330. The molecule has 0 amide bonds. The van der Waals surface area contributed by atoms with Crippen LogP contribution in [-0.2, 0) is 19.9 Å². The topological polar surface area (TPSA) is 17.8 Å². The Bertz CT molecular complexity index is 296. The van der Waals surface area contributed by atoms with Crippen molar-refractivity contribution >= 4 is 15.9 Å². The number of rotatable bonds is 4. The van der Waals surface area contributed by atoms with E-state index in [0.29, 0.717) is 6.42 Å². The third kappa shape index (κ3) is 2.80. The van der Waals surface area contributed by atoms with Crippen LogP contribution in [0.1, 0.15) is 25.1 Å². The summed E-state index contributed by atoms with van der Waals surface area (Å²) in [4.78, 5) is -0.116. The first-order valence-corrected chi connectivity index (χ1v) is 5.75. The molecule has 0 N–H and O–H groups in total. The van der Waals surface area contributed by atoms with Gasteiger partial charge in [0.2, 0.25) is 0 Å². The smallest absolute Gasteiger partial charge is 0.118 e. The molecule has 2 atom stereocenters. The number of alkyl halides is 2. The summed E-state index contributed by atoms with van der Waals surface area (Å²) in [5.41, 5.74) is 2.03. The average Bonchev–Trinajstić information content (AvgIpc) is 2.45. The van der Waals surface area contributed by atoms with E-state index in [1.165, 1.54) is 0 Å². The highest BCUT2D eigenvalue weighted by atomic mass is 79.9. The zero-order chi connectivity index (χ0) is 10.7. The monoisotopic (exact) mass is 262 g/mol. The maximum Gasteiger partial charge on any atom is 0.118 e. The van der Waals surface area contributed by atoms with E-state index < -0.39 is 6.17 Å². The molecular formula is C10H16BrFN2. The molecule has 0 radical (unpaired) electrons. The van der Waals surface area contributed by atoms with Gasteiger partial charge in [-0.3, -0.25) is 4.68 Å². The Morgan fingerprint density at radius 1 is 1.64 bits per heavy atom. The molecule has 2 nitrogen and oxygen atoms in total. The SMILES string of the molecule is CCc1cn(C)nc1CC(F)C(C)Br. The van der Waals surface area contributed by atoms with E-state index in [0.717, 1.165) is 17.7 Å². The number of aromatic nitrogens is 2. The van der Waals surface area contributed by atoms with Crippen LogP contribution < -0.4 is 0 Å². The van der Waals surface area contributed by atoms with E-state index in [1.54, 1.807) is 4.68 Å². The largest absolute Gasteiger partial charge is 0.275 e. The first kappa shape index (κ1) is 11.7. The van der Waals surface area contributed by atoms with Crippen molar-refractivity contribution in [2.45, 2.75) is 37.7 Å². The molecule has 4 heteroatoms. The summed E-state index contributed by atoms with van der Waals surface area (Å²) in [6.07, 6.45) is 2.40. The van der Waals surface area contributed by atoms with Crippen molar-refractivity contribution in [2.24, 2.45) is 7.05 Å². The predicted molar refractivity (Wildman–Crippen MR) is 59.6 cm³/mol. The molecule has 1 aromatic rings. The second kappa shape index (κ2) is 4.91. The van der Waals surface area contributed by atoms with E-state index in [4.69, 9.17) is 0 Å². The molecule has 14 heavy (non-hydrogen) atoms. The maximum absolute atomic E-state index is 13.4. The fraction of sp³-hybridized carbons (Fsp3) is 0.700. The van der Waals surface area contributed by atoms with Crippen LogP contribution in [0.15, 0.2) is 6.20 Å². The van der Waals surface area contributed by atoms with Gasteiger partial charge in [0.25, 0.3) is 0 Å². The number of aryl methyl sites for hydroxylation is 2. The average molecular weight is 263 g/mol. The highest BCUT2D eigenvalue weighted by molar-refractivity contribution is 9.09. The summed E-state index contributed by atoms with van der Waals surface area (Å²) in [6.45, 7) is 3.88. The van der Waals surface area contributed by atoms with Gasteiger partial charge in [-0.2, -0.15) is 5.10 Å². The van der Waals surface area contributed by atoms with E-state index in [1.807, 2.05) is 20.2 Å². The zero-order valence-electron chi connectivity index (χ0n) is 8.80.